The molecule has 2 aromatic carbocycles. The molecule has 0 bridgehead atoms. The maximum absolute atomic E-state index is 11.7. The van der Waals surface area contributed by atoms with Crippen molar-refractivity contribution >= 4 is 29.1 Å². The summed E-state index contributed by atoms with van der Waals surface area (Å²) in [6.45, 7) is 2.13. The Morgan fingerprint density at radius 2 is 1.85 bits per heavy atom. The van der Waals surface area contributed by atoms with E-state index in [1.807, 2.05) is 42.3 Å². The molecule has 0 saturated carbocycles. The smallest absolute Gasteiger partial charge is 0.338 e. The number of aromatic nitrogens is 3. The number of anilines is 4. The third kappa shape index (κ3) is 4.13. The Balaban J connectivity index is 1.74. The molecule has 0 fully saturated rings. The molecule has 1 heterocycles. The molecule has 0 aliphatic heterocycles. The first kappa shape index (κ1) is 17.3. The number of nitrogens with one attached hydrogen (secondary N) is 1. The first-order chi connectivity index (χ1) is 12.7. The maximum atomic E-state index is 11.7. The Labute approximate surface area is 151 Å². The van der Waals surface area contributed by atoms with Crippen molar-refractivity contribution in [3.63, 3.8) is 0 Å². The molecule has 0 atom stereocenters. The second-order valence-corrected chi connectivity index (χ2v) is 5.46. The number of ether oxygens (including phenoxy) is 1. The summed E-state index contributed by atoms with van der Waals surface area (Å²) in [6.07, 6.45) is 1.54. The molecule has 0 aliphatic rings. The van der Waals surface area contributed by atoms with Crippen LogP contribution in [-0.2, 0) is 4.74 Å². The number of para-hydroxylation sites is 1. The van der Waals surface area contributed by atoms with Gasteiger partial charge in [-0.3, -0.25) is 0 Å². The van der Waals surface area contributed by atoms with Gasteiger partial charge in [0.2, 0.25) is 0 Å². The molecule has 7 heteroatoms. The number of esters is 1. The standard InChI is InChI=1S/C19H19N5O2/c1-3-26-18(25)14-9-11-15(12-10-14)21-17-13-20-23-19(22-17)24(2)16-7-5-4-6-8-16/h4-13H,3H2,1-2H3,(H,21,22,23). The van der Waals surface area contributed by atoms with Crippen molar-refractivity contribution in [3.05, 3.63) is 66.4 Å². The van der Waals surface area contributed by atoms with Crippen LogP contribution in [0.2, 0.25) is 0 Å². The zero-order valence-electron chi connectivity index (χ0n) is 14.6. The highest BCUT2D eigenvalue weighted by molar-refractivity contribution is 5.89. The number of nitrogens with zero attached hydrogens (tertiary/aromatic N) is 4. The SMILES string of the molecule is CCOC(=O)c1ccc(Nc2cnnc(N(C)c3ccccc3)n2)cc1. The third-order valence-electron chi connectivity index (χ3n) is 3.66. The molecule has 3 aromatic rings. The molecule has 0 amide bonds. The number of carbonyl (C=O) groups is 1. The Morgan fingerprint density at radius 3 is 2.54 bits per heavy atom. The largest absolute Gasteiger partial charge is 0.462 e. The average Bonchev–Trinajstić information content (AvgIpc) is 2.69. The van der Waals surface area contributed by atoms with Crippen molar-refractivity contribution < 1.29 is 9.53 Å². The van der Waals surface area contributed by atoms with Crippen LogP contribution in [0.4, 0.5) is 23.1 Å². The molecule has 0 spiro atoms. The lowest BCUT2D eigenvalue weighted by Gasteiger charge is -2.17. The number of hydrogen-bond acceptors (Lipinski definition) is 7. The van der Waals surface area contributed by atoms with Gasteiger partial charge in [-0.05, 0) is 43.3 Å². The number of hydrogen-bond donors (Lipinski definition) is 1. The molecule has 26 heavy (non-hydrogen) atoms. The van der Waals surface area contributed by atoms with Crippen LogP contribution in [0.1, 0.15) is 17.3 Å². The van der Waals surface area contributed by atoms with Crippen LogP contribution in [-0.4, -0.2) is 34.8 Å². The molecule has 0 unspecified atom stereocenters. The molecule has 3 rings (SSSR count). The highest BCUT2D eigenvalue weighted by atomic mass is 16.5. The van der Waals surface area contributed by atoms with E-state index in [0.717, 1.165) is 11.4 Å². The van der Waals surface area contributed by atoms with Gasteiger partial charge in [-0.1, -0.05) is 18.2 Å². The second kappa shape index (κ2) is 8.06. The van der Waals surface area contributed by atoms with Gasteiger partial charge >= 0.3 is 5.97 Å². The molecular weight excluding hydrogens is 330 g/mol. The van der Waals surface area contributed by atoms with Gasteiger partial charge in [-0.25, -0.2) is 4.79 Å². The number of benzene rings is 2. The Bertz CT molecular complexity index is 869. The lowest BCUT2D eigenvalue weighted by atomic mass is 10.2. The van der Waals surface area contributed by atoms with Gasteiger partial charge in [-0.2, -0.15) is 10.1 Å². The fourth-order valence-corrected chi connectivity index (χ4v) is 2.32. The molecular formula is C19H19N5O2. The highest BCUT2D eigenvalue weighted by Gasteiger charge is 2.09. The minimum Gasteiger partial charge on any atom is -0.462 e. The van der Waals surface area contributed by atoms with E-state index < -0.39 is 0 Å². The van der Waals surface area contributed by atoms with Crippen LogP contribution in [0.25, 0.3) is 0 Å². The fourth-order valence-electron chi connectivity index (χ4n) is 2.32. The predicted octanol–water partition coefficient (Wildman–Crippen LogP) is 3.56. The van der Waals surface area contributed by atoms with Gasteiger partial charge in [0.1, 0.15) is 0 Å². The fraction of sp³-hybridized carbons (Fsp3) is 0.158. The summed E-state index contributed by atoms with van der Waals surface area (Å²) in [5, 5.41) is 11.2. The van der Waals surface area contributed by atoms with Crippen LogP contribution >= 0.6 is 0 Å². The average molecular weight is 349 g/mol. The lowest BCUT2D eigenvalue weighted by Crippen LogP contribution is -2.14. The summed E-state index contributed by atoms with van der Waals surface area (Å²) in [6, 6.07) is 16.8. The molecule has 132 valence electrons. The zero-order chi connectivity index (χ0) is 18.4. The first-order valence-corrected chi connectivity index (χ1v) is 8.20. The van der Waals surface area contributed by atoms with Gasteiger partial charge in [0.05, 0.1) is 18.4 Å². The van der Waals surface area contributed by atoms with E-state index >= 15 is 0 Å². The van der Waals surface area contributed by atoms with E-state index in [1.54, 1.807) is 37.4 Å². The van der Waals surface area contributed by atoms with Crippen molar-refractivity contribution in [2.45, 2.75) is 6.92 Å². The van der Waals surface area contributed by atoms with Crippen molar-refractivity contribution in [2.24, 2.45) is 0 Å². The molecule has 7 nitrogen and oxygen atoms in total. The molecule has 0 aliphatic carbocycles. The predicted molar refractivity (Wildman–Crippen MR) is 100 cm³/mol. The minimum atomic E-state index is -0.338. The van der Waals surface area contributed by atoms with E-state index in [4.69, 9.17) is 4.74 Å². The Morgan fingerprint density at radius 1 is 1.12 bits per heavy atom. The van der Waals surface area contributed by atoms with Crippen molar-refractivity contribution in [3.8, 4) is 0 Å². The molecule has 0 radical (unpaired) electrons. The van der Waals surface area contributed by atoms with Crippen molar-refractivity contribution in [1.29, 1.82) is 0 Å². The van der Waals surface area contributed by atoms with Crippen LogP contribution in [0, 0.1) is 0 Å². The zero-order valence-corrected chi connectivity index (χ0v) is 14.6. The summed E-state index contributed by atoms with van der Waals surface area (Å²) < 4.78 is 4.97. The topological polar surface area (TPSA) is 80.2 Å². The summed E-state index contributed by atoms with van der Waals surface area (Å²) >= 11 is 0. The minimum absolute atomic E-state index is 0.338. The molecule has 1 N–H and O–H groups in total. The van der Waals surface area contributed by atoms with Crippen LogP contribution < -0.4 is 10.2 Å². The summed E-state index contributed by atoms with van der Waals surface area (Å²) in [7, 11) is 1.88. The summed E-state index contributed by atoms with van der Waals surface area (Å²) in [4.78, 5) is 18.0. The second-order valence-electron chi connectivity index (χ2n) is 5.46. The third-order valence-corrected chi connectivity index (χ3v) is 3.66. The van der Waals surface area contributed by atoms with Crippen LogP contribution in [0.5, 0.6) is 0 Å². The maximum Gasteiger partial charge on any atom is 0.338 e. The van der Waals surface area contributed by atoms with E-state index in [-0.39, 0.29) is 5.97 Å². The van der Waals surface area contributed by atoms with Crippen molar-refractivity contribution in [2.75, 3.05) is 23.9 Å². The van der Waals surface area contributed by atoms with Gasteiger partial charge in [0.15, 0.2) is 5.82 Å². The van der Waals surface area contributed by atoms with Crippen LogP contribution in [0.3, 0.4) is 0 Å². The first-order valence-electron chi connectivity index (χ1n) is 8.20. The summed E-state index contributed by atoms with van der Waals surface area (Å²) in [5.41, 5.74) is 2.25. The van der Waals surface area contributed by atoms with Gasteiger partial charge in [0, 0.05) is 18.4 Å². The van der Waals surface area contributed by atoms with Gasteiger partial charge in [-0.15, -0.1) is 5.10 Å². The number of rotatable bonds is 6. The van der Waals surface area contributed by atoms with Crippen molar-refractivity contribution in [1.82, 2.24) is 15.2 Å². The quantitative estimate of drug-likeness (QED) is 0.682. The molecule has 0 saturated heterocycles. The summed E-state index contributed by atoms with van der Waals surface area (Å²) in [5.74, 6) is 0.695. The van der Waals surface area contributed by atoms with Gasteiger partial charge < -0.3 is 15.0 Å². The highest BCUT2D eigenvalue weighted by Crippen LogP contribution is 2.21. The van der Waals surface area contributed by atoms with Gasteiger partial charge in [0.25, 0.3) is 5.95 Å². The van der Waals surface area contributed by atoms with E-state index in [0.29, 0.717) is 23.9 Å². The van der Waals surface area contributed by atoms with E-state index in [9.17, 15) is 4.79 Å². The van der Waals surface area contributed by atoms with Crippen LogP contribution in [0.15, 0.2) is 60.8 Å². The molecule has 1 aromatic heterocycles. The Kier molecular flexibility index (Phi) is 5.38. The lowest BCUT2D eigenvalue weighted by molar-refractivity contribution is 0.0526. The van der Waals surface area contributed by atoms with E-state index in [1.165, 1.54) is 0 Å². The number of carbonyl (C=O) groups excluding carboxylic acids is 1. The normalized spacial score (nSPS) is 10.2. The Hall–Kier alpha value is -3.48. The van der Waals surface area contributed by atoms with E-state index in [2.05, 4.69) is 20.5 Å². The monoisotopic (exact) mass is 349 g/mol.